The predicted octanol–water partition coefficient (Wildman–Crippen LogP) is 4.37. The van der Waals surface area contributed by atoms with E-state index in [0.717, 1.165) is 11.1 Å². The summed E-state index contributed by atoms with van der Waals surface area (Å²) in [5, 5.41) is 18.7. The molecule has 1 unspecified atom stereocenters. The lowest BCUT2D eigenvalue weighted by molar-refractivity contribution is -0.384. The van der Waals surface area contributed by atoms with Gasteiger partial charge in [-0.3, -0.25) is 19.7 Å². The molecule has 1 atom stereocenters. The van der Waals surface area contributed by atoms with Crippen LogP contribution in [0.15, 0.2) is 89.7 Å². The fraction of sp³-hybridized carbons (Fsp3) is 0.148. The van der Waals surface area contributed by atoms with E-state index < -0.39 is 22.3 Å². The first-order chi connectivity index (χ1) is 17.4. The normalized spacial score (nSPS) is 11.5. The monoisotopic (exact) mass is 484 g/mol. The molecule has 9 nitrogen and oxygen atoms in total. The average Bonchev–Trinajstić information content (AvgIpc) is 2.88. The van der Waals surface area contributed by atoms with Gasteiger partial charge in [-0.05, 0) is 43.2 Å². The third-order valence-corrected chi connectivity index (χ3v) is 5.56. The highest BCUT2D eigenvalue weighted by atomic mass is 16.6. The van der Waals surface area contributed by atoms with E-state index in [0.29, 0.717) is 18.1 Å². The second-order valence-electron chi connectivity index (χ2n) is 7.98. The van der Waals surface area contributed by atoms with Gasteiger partial charge in [0, 0.05) is 17.8 Å². The number of hydrogen-bond donors (Lipinski definition) is 1. The topological polar surface area (TPSA) is 116 Å². The van der Waals surface area contributed by atoms with Crippen molar-refractivity contribution >= 4 is 11.6 Å². The smallest absolute Gasteiger partial charge is 0.294 e. The minimum Gasteiger partial charge on any atom is -0.494 e. The summed E-state index contributed by atoms with van der Waals surface area (Å²) in [5.74, 6) is 0.00185. The molecule has 1 amide bonds. The molecule has 0 bridgehead atoms. The number of benzene rings is 3. The number of carbonyl (C=O) groups excluding carboxylic acids is 1. The maximum Gasteiger partial charge on any atom is 0.294 e. The number of ether oxygens (including phenoxy) is 1. The van der Waals surface area contributed by atoms with E-state index in [1.165, 1.54) is 28.9 Å². The van der Waals surface area contributed by atoms with Crippen LogP contribution in [0.3, 0.4) is 0 Å². The minimum absolute atomic E-state index is 0.153. The third kappa shape index (κ3) is 5.15. The van der Waals surface area contributed by atoms with Gasteiger partial charge >= 0.3 is 0 Å². The zero-order valence-corrected chi connectivity index (χ0v) is 19.8. The second kappa shape index (κ2) is 10.6. The zero-order valence-electron chi connectivity index (χ0n) is 19.8. The Bertz CT molecular complexity index is 1450. The van der Waals surface area contributed by atoms with Gasteiger partial charge in [-0.15, -0.1) is 0 Å². The molecule has 0 aliphatic rings. The van der Waals surface area contributed by atoms with Crippen molar-refractivity contribution in [3.63, 3.8) is 0 Å². The van der Waals surface area contributed by atoms with Crippen LogP contribution in [0.25, 0.3) is 5.69 Å². The molecule has 3 aromatic carbocycles. The summed E-state index contributed by atoms with van der Waals surface area (Å²) in [6.07, 6.45) is 0. The average molecular weight is 485 g/mol. The van der Waals surface area contributed by atoms with Crippen molar-refractivity contribution in [1.82, 2.24) is 15.1 Å². The highest BCUT2D eigenvalue weighted by Gasteiger charge is 2.23. The third-order valence-electron chi connectivity index (χ3n) is 5.56. The number of nitrogens with zero attached hydrogens (tertiary/aromatic N) is 3. The van der Waals surface area contributed by atoms with Gasteiger partial charge in [-0.1, -0.05) is 54.6 Å². The number of nitrogens with one attached hydrogen (secondary N) is 1. The zero-order chi connectivity index (χ0) is 25.7. The molecule has 0 fully saturated rings. The number of hydrogen-bond acceptors (Lipinski definition) is 6. The summed E-state index contributed by atoms with van der Waals surface area (Å²) in [5.41, 5.74) is 0.950. The van der Waals surface area contributed by atoms with E-state index in [-0.39, 0.29) is 17.1 Å². The number of nitro groups is 1. The molecule has 0 spiro atoms. The molecule has 4 aromatic rings. The summed E-state index contributed by atoms with van der Waals surface area (Å²) in [4.78, 5) is 37.1. The maximum atomic E-state index is 13.4. The molecule has 0 saturated heterocycles. The summed E-state index contributed by atoms with van der Waals surface area (Å²) in [6, 6.07) is 23.3. The summed E-state index contributed by atoms with van der Waals surface area (Å²) in [6.45, 7) is 4.02. The van der Waals surface area contributed by atoms with Gasteiger partial charge in [0.2, 0.25) is 5.43 Å². The number of rotatable bonds is 8. The van der Waals surface area contributed by atoms with Crippen LogP contribution in [0.2, 0.25) is 0 Å². The number of aryl methyl sites for hydroxylation is 1. The number of amides is 1. The predicted molar refractivity (Wildman–Crippen MR) is 135 cm³/mol. The fourth-order valence-electron chi connectivity index (χ4n) is 3.87. The van der Waals surface area contributed by atoms with Gasteiger partial charge in [-0.25, -0.2) is 4.68 Å². The standard InChI is InChI=1S/C27H24N4O5/c1-3-36-21-15-13-20(14-16-21)25(19-9-5-4-6-10-19)28-27(33)26-24(32)17-18(2)30(29-26)22-11-7-8-12-23(22)31(34)35/h4-17,25H,3H2,1-2H3,(H,28,33). The number of carbonyl (C=O) groups is 1. The van der Waals surface area contributed by atoms with Gasteiger partial charge in [0.25, 0.3) is 11.6 Å². The molecule has 182 valence electrons. The van der Waals surface area contributed by atoms with E-state index in [4.69, 9.17) is 4.74 Å². The van der Waals surface area contributed by atoms with Crippen molar-refractivity contribution in [2.45, 2.75) is 19.9 Å². The van der Waals surface area contributed by atoms with Crippen LogP contribution in [0.1, 0.15) is 40.3 Å². The number of para-hydroxylation sites is 2. The number of nitro benzene ring substituents is 1. The largest absolute Gasteiger partial charge is 0.494 e. The van der Waals surface area contributed by atoms with Crippen molar-refractivity contribution in [3.8, 4) is 11.4 Å². The van der Waals surface area contributed by atoms with Gasteiger partial charge in [0.15, 0.2) is 5.69 Å². The molecule has 1 aromatic heterocycles. The van der Waals surface area contributed by atoms with Crippen molar-refractivity contribution in [3.05, 3.63) is 128 Å². The summed E-state index contributed by atoms with van der Waals surface area (Å²) >= 11 is 0. The van der Waals surface area contributed by atoms with E-state index >= 15 is 0 Å². The summed E-state index contributed by atoms with van der Waals surface area (Å²) in [7, 11) is 0. The lowest BCUT2D eigenvalue weighted by Gasteiger charge is -2.20. The Hall–Kier alpha value is -4.79. The van der Waals surface area contributed by atoms with Gasteiger partial charge in [-0.2, -0.15) is 5.10 Å². The van der Waals surface area contributed by atoms with Gasteiger partial charge < -0.3 is 10.1 Å². The highest BCUT2D eigenvalue weighted by Crippen LogP contribution is 2.25. The molecule has 1 heterocycles. The van der Waals surface area contributed by atoms with Crippen LogP contribution in [0.4, 0.5) is 5.69 Å². The Morgan fingerprint density at radius 2 is 1.67 bits per heavy atom. The Balaban J connectivity index is 1.74. The Kier molecular flexibility index (Phi) is 7.20. The van der Waals surface area contributed by atoms with Gasteiger partial charge in [0.05, 0.1) is 17.6 Å². The Labute approximate surface area is 207 Å². The van der Waals surface area contributed by atoms with Crippen molar-refractivity contribution in [2.24, 2.45) is 0 Å². The van der Waals surface area contributed by atoms with Crippen LogP contribution in [-0.2, 0) is 0 Å². The molecule has 9 heteroatoms. The van der Waals surface area contributed by atoms with E-state index in [2.05, 4.69) is 10.4 Å². The first kappa shape index (κ1) is 24.3. The van der Waals surface area contributed by atoms with Crippen LogP contribution < -0.4 is 15.5 Å². The van der Waals surface area contributed by atoms with Crippen LogP contribution in [0.5, 0.6) is 5.75 Å². The second-order valence-corrected chi connectivity index (χ2v) is 7.98. The molecule has 0 radical (unpaired) electrons. The molecule has 0 aliphatic carbocycles. The number of aromatic nitrogens is 2. The summed E-state index contributed by atoms with van der Waals surface area (Å²) < 4.78 is 6.75. The molecule has 4 rings (SSSR count). The quantitative estimate of drug-likeness (QED) is 0.293. The van der Waals surface area contributed by atoms with Gasteiger partial charge in [0.1, 0.15) is 11.4 Å². The Morgan fingerprint density at radius 3 is 2.33 bits per heavy atom. The molecule has 36 heavy (non-hydrogen) atoms. The minimum atomic E-state index is -0.699. The van der Waals surface area contributed by atoms with E-state index in [9.17, 15) is 19.7 Å². The van der Waals surface area contributed by atoms with E-state index in [1.54, 1.807) is 13.0 Å². The first-order valence-corrected chi connectivity index (χ1v) is 11.3. The first-order valence-electron chi connectivity index (χ1n) is 11.3. The SMILES string of the molecule is CCOc1ccc(C(NC(=O)c2nn(-c3ccccc3[N+](=O)[O-])c(C)cc2=O)c2ccccc2)cc1. The van der Waals surface area contributed by atoms with Crippen LogP contribution >= 0.6 is 0 Å². The van der Waals surface area contributed by atoms with Crippen LogP contribution in [0, 0.1) is 17.0 Å². The highest BCUT2D eigenvalue weighted by molar-refractivity contribution is 5.92. The Morgan fingerprint density at radius 1 is 1.03 bits per heavy atom. The fourth-order valence-corrected chi connectivity index (χ4v) is 3.87. The van der Waals surface area contributed by atoms with Crippen molar-refractivity contribution in [1.29, 1.82) is 0 Å². The van der Waals surface area contributed by atoms with Crippen molar-refractivity contribution < 1.29 is 14.5 Å². The molecule has 0 aliphatic heterocycles. The lowest BCUT2D eigenvalue weighted by Crippen LogP contribution is -2.35. The van der Waals surface area contributed by atoms with Crippen molar-refractivity contribution in [2.75, 3.05) is 6.61 Å². The van der Waals surface area contributed by atoms with Crippen LogP contribution in [-0.4, -0.2) is 27.2 Å². The van der Waals surface area contributed by atoms with E-state index in [1.807, 2.05) is 61.5 Å². The molecule has 0 saturated carbocycles. The maximum absolute atomic E-state index is 13.4. The lowest BCUT2D eigenvalue weighted by atomic mass is 9.98. The molecule has 1 N–H and O–H groups in total. The molecular formula is C27H24N4O5. The molecular weight excluding hydrogens is 460 g/mol.